The van der Waals surface area contributed by atoms with Gasteiger partial charge in [0.15, 0.2) is 0 Å². The molecule has 8 nitrogen and oxygen atoms in total. The van der Waals surface area contributed by atoms with E-state index < -0.39 is 6.09 Å². The van der Waals surface area contributed by atoms with Gasteiger partial charge in [0, 0.05) is 43.5 Å². The monoisotopic (exact) mass is 346 g/mol. The summed E-state index contributed by atoms with van der Waals surface area (Å²) >= 11 is 0. The number of anilines is 1. The Labute approximate surface area is 145 Å². The summed E-state index contributed by atoms with van der Waals surface area (Å²) in [6.45, 7) is 1.41. The van der Waals surface area contributed by atoms with E-state index in [-0.39, 0.29) is 18.0 Å². The highest BCUT2D eigenvalue weighted by Gasteiger charge is 2.24. The topological polar surface area (TPSA) is 102 Å². The second-order valence-corrected chi connectivity index (χ2v) is 6.37. The van der Waals surface area contributed by atoms with Gasteiger partial charge in [-0.25, -0.2) is 9.59 Å². The lowest BCUT2D eigenvalue weighted by Crippen LogP contribution is -2.50. The van der Waals surface area contributed by atoms with Crippen LogP contribution in [0.3, 0.4) is 0 Å². The van der Waals surface area contributed by atoms with Crippen LogP contribution in [0.1, 0.15) is 29.6 Å². The highest BCUT2D eigenvalue weighted by Crippen LogP contribution is 2.18. The second kappa shape index (κ2) is 7.42. The van der Waals surface area contributed by atoms with Gasteiger partial charge in [-0.1, -0.05) is 0 Å². The Balaban J connectivity index is 1.52. The molecule has 1 aromatic rings. The number of hydrogen-bond donors (Lipinski definition) is 3. The third kappa shape index (κ3) is 4.20. The largest absolute Gasteiger partial charge is 0.465 e. The SMILES string of the molecule is O=C(Nc1ccc(C(=O)N2CCN(C(=O)O)CC2)cc1)NC1CCC1. The van der Waals surface area contributed by atoms with Crippen LogP contribution in [0, 0.1) is 0 Å². The molecule has 1 aliphatic carbocycles. The van der Waals surface area contributed by atoms with Gasteiger partial charge >= 0.3 is 12.1 Å². The molecule has 2 aliphatic rings. The number of carbonyl (C=O) groups is 3. The predicted octanol–water partition coefficient (Wildman–Crippen LogP) is 1.80. The molecule has 1 aromatic carbocycles. The molecule has 2 fully saturated rings. The fraction of sp³-hybridized carbons (Fsp3) is 0.471. The zero-order chi connectivity index (χ0) is 17.8. The number of nitrogens with one attached hydrogen (secondary N) is 2. The maximum Gasteiger partial charge on any atom is 0.407 e. The molecule has 25 heavy (non-hydrogen) atoms. The smallest absolute Gasteiger partial charge is 0.407 e. The first-order valence-corrected chi connectivity index (χ1v) is 8.47. The Bertz CT molecular complexity index is 649. The minimum atomic E-state index is -0.956. The van der Waals surface area contributed by atoms with Gasteiger partial charge in [-0.3, -0.25) is 4.79 Å². The third-order valence-electron chi connectivity index (χ3n) is 4.67. The lowest BCUT2D eigenvalue weighted by molar-refractivity contribution is 0.0625. The van der Waals surface area contributed by atoms with Crippen molar-refractivity contribution >= 4 is 23.7 Å². The molecule has 0 bridgehead atoms. The molecule has 1 saturated heterocycles. The number of carbonyl (C=O) groups excluding carboxylic acids is 2. The van der Waals surface area contributed by atoms with Crippen LogP contribution in [0.15, 0.2) is 24.3 Å². The second-order valence-electron chi connectivity index (χ2n) is 6.37. The summed E-state index contributed by atoms with van der Waals surface area (Å²) in [5, 5.41) is 14.6. The molecule has 134 valence electrons. The lowest BCUT2D eigenvalue weighted by atomic mass is 9.93. The number of carboxylic acid groups (broad SMARTS) is 1. The summed E-state index contributed by atoms with van der Waals surface area (Å²) in [6, 6.07) is 6.77. The quantitative estimate of drug-likeness (QED) is 0.776. The molecule has 3 rings (SSSR count). The van der Waals surface area contributed by atoms with Crippen molar-refractivity contribution in [3.63, 3.8) is 0 Å². The van der Waals surface area contributed by atoms with E-state index in [2.05, 4.69) is 10.6 Å². The molecule has 0 unspecified atom stereocenters. The summed E-state index contributed by atoms with van der Waals surface area (Å²) in [7, 11) is 0. The van der Waals surface area contributed by atoms with Gasteiger partial charge in [0.05, 0.1) is 0 Å². The van der Waals surface area contributed by atoms with E-state index in [4.69, 9.17) is 5.11 Å². The summed E-state index contributed by atoms with van der Waals surface area (Å²) in [5.41, 5.74) is 1.15. The van der Waals surface area contributed by atoms with Gasteiger partial charge in [-0.05, 0) is 43.5 Å². The average molecular weight is 346 g/mol. The van der Waals surface area contributed by atoms with Crippen LogP contribution in [0.2, 0.25) is 0 Å². The molecule has 0 spiro atoms. The fourth-order valence-corrected chi connectivity index (χ4v) is 2.88. The van der Waals surface area contributed by atoms with Crippen molar-refractivity contribution in [2.75, 3.05) is 31.5 Å². The zero-order valence-corrected chi connectivity index (χ0v) is 13.9. The van der Waals surface area contributed by atoms with Crippen LogP contribution < -0.4 is 10.6 Å². The molecule has 1 heterocycles. The van der Waals surface area contributed by atoms with E-state index in [9.17, 15) is 14.4 Å². The van der Waals surface area contributed by atoms with E-state index in [1.54, 1.807) is 29.2 Å². The standard InChI is InChI=1S/C17H22N4O4/c22-15(20-8-10-21(11-9-20)17(24)25)12-4-6-14(7-5-12)19-16(23)18-13-2-1-3-13/h4-7,13H,1-3,8-11H2,(H,24,25)(H2,18,19,23). The molecular weight excluding hydrogens is 324 g/mol. The number of rotatable bonds is 3. The van der Waals surface area contributed by atoms with Crippen LogP contribution in [0.25, 0.3) is 0 Å². The minimum absolute atomic E-state index is 0.129. The predicted molar refractivity (Wildman–Crippen MR) is 91.7 cm³/mol. The van der Waals surface area contributed by atoms with Gasteiger partial charge in [0.1, 0.15) is 0 Å². The van der Waals surface area contributed by atoms with Crippen molar-refractivity contribution in [1.29, 1.82) is 0 Å². The van der Waals surface area contributed by atoms with E-state index in [1.807, 2.05) is 0 Å². The highest BCUT2D eigenvalue weighted by molar-refractivity contribution is 5.95. The van der Waals surface area contributed by atoms with Gasteiger partial charge < -0.3 is 25.5 Å². The first kappa shape index (κ1) is 17.1. The molecule has 8 heteroatoms. The number of piperazine rings is 1. The average Bonchev–Trinajstić information content (AvgIpc) is 2.58. The van der Waals surface area contributed by atoms with Crippen molar-refractivity contribution in [2.24, 2.45) is 0 Å². The summed E-state index contributed by atoms with van der Waals surface area (Å²) in [6.07, 6.45) is 2.25. The van der Waals surface area contributed by atoms with Gasteiger partial charge in [-0.2, -0.15) is 0 Å². The first-order valence-electron chi connectivity index (χ1n) is 8.47. The number of benzene rings is 1. The molecule has 1 saturated carbocycles. The van der Waals surface area contributed by atoms with Gasteiger partial charge in [-0.15, -0.1) is 0 Å². The van der Waals surface area contributed by atoms with Crippen molar-refractivity contribution < 1.29 is 19.5 Å². The van der Waals surface area contributed by atoms with Crippen LogP contribution in [0.5, 0.6) is 0 Å². The molecule has 0 atom stereocenters. The molecule has 1 aliphatic heterocycles. The number of hydrogen-bond acceptors (Lipinski definition) is 3. The van der Waals surface area contributed by atoms with E-state index >= 15 is 0 Å². The van der Waals surface area contributed by atoms with Crippen molar-refractivity contribution in [3.05, 3.63) is 29.8 Å². The Morgan fingerprint density at radius 3 is 2.08 bits per heavy atom. The van der Waals surface area contributed by atoms with Gasteiger partial charge in [0.2, 0.25) is 0 Å². The van der Waals surface area contributed by atoms with Crippen molar-refractivity contribution in [2.45, 2.75) is 25.3 Å². The van der Waals surface area contributed by atoms with Crippen molar-refractivity contribution in [3.8, 4) is 0 Å². The number of nitrogens with zero attached hydrogens (tertiary/aromatic N) is 2. The zero-order valence-electron chi connectivity index (χ0n) is 13.9. The van der Waals surface area contributed by atoms with E-state index in [1.165, 1.54) is 4.90 Å². The molecule has 3 N–H and O–H groups in total. The van der Waals surface area contributed by atoms with E-state index in [0.29, 0.717) is 37.4 Å². The third-order valence-corrected chi connectivity index (χ3v) is 4.67. The van der Waals surface area contributed by atoms with Crippen LogP contribution in [-0.2, 0) is 0 Å². The molecule has 0 aromatic heterocycles. The molecule has 4 amide bonds. The maximum atomic E-state index is 12.5. The highest BCUT2D eigenvalue weighted by atomic mass is 16.4. The Morgan fingerprint density at radius 1 is 0.960 bits per heavy atom. The number of amides is 4. The Morgan fingerprint density at radius 2 is 1.56 bits per heavy atom. The van der Waals surface area contributed by atoms with Crippen LogP contribution in [0.4, 0.5) is 15.3 Å². The Kier molecular flexibility index (Phi) is 5.06. The molecule has 0 radical (unpaired) electrons. The number of urea groups is 1. The lowest BCUT2D eigenvalue weighted by Gasteiger charge is -2.33. The van der Waals surface area contributed by atoms with Crippen molar-refractivity contribution in [1.82, 2.24) is 15.1 Å². The van der Waals surface area contributed by atoms with Crippen LogP contribution >= 0.6 is 0 Å². The fourth-order valence-electron chi connectivity index (χ4n) is 2.88. The molecular formula is C17H22N4O4. The summed E-state index contributed by atoms with van der Waals surface area (Å²) in [4.78, 5) is 38.1. The Hall–Kier alpha value is -2.77. The summed E-state index contributed by atoms with van der Waals surface area (Å²) in [5.74, 6) is -0.129. The first-order chi connectivity index (χ1) is 12.0. The normalized spacial score (nSPS) is 17.6. The summed E-state index contributed by atoms with van der Waals surface area (Å²) < 4.78 is 0. The van der Waals surface area contributed by atoms with Crippen LogP contribution in [-0.4, -0.2) is 65.2 Å². The van der Waals surface area contributed by atoms with Gasteiger partial charge in [0.25, 0.3) is 5.91 Å². The maximum absolute atomic E-state index is 12.5. The minimum Gasteiger partial charge on any atom is -0.465 e. The van der Waals surface area contributed by atoms with E-state index in [0.717, 1.165) is 19.3 Å².